The van der Waals surface area contributed by atoms with Crippen molar-refractivity contribution in [3.63, 3.8) is 0 Å². The number of benzene rings is 2. The summed E-state index contributed by atoms with van der Waals surface area (Å²) in [7, 11) is -1.21. The molecule has 0 aliphatic heterocycles. The first-order valence-electron chi connectivity index (χ1n) is 8.66. The van der Waals surface area contributed by atoms with E-state index in [0.717, 1.165) is 0 Å². The molecule has 2 aromatic carbocycles. The highest BCUT2D eigenvalue weighted by Crippen LogP contribution is 2.34. The molecule has 0 unspecified atom stereocenters. The number of ether oxygens (including phenoxy) is 1. The summed E-state index contributed by atoms with van der Waals surface area (Å²) >= 11 is 3.27. The quantitative estimate of drug-likeness (QED) is 0.369. The molecule has 13 heteroatoms. The van der Waals surface area contributed by atoms with E-state index >= 15 is 0 Å². The normalized spacial score (nSPS) is 11.3. The molecular formula is C18H17BrN4O7S. The predicted molar refractivity (Wildman–Crippen MR) is 115 cm³/mol. The molecule has 0 fully saturated rings. The van der Waals surface area contributed by atoms with Gasteiger partial charge in [-0.15, -0.1) is 0 Å². The zero-order valence-electron chi connectivity index (χ0n) is 16.2. The minimum atomic E-state index is -4.06. The van der Waals surface area contributed by atoms with E-state index in [4.69, 9.17) is 9.15 Å². The van der Waals surface area contributed by atoms with Crippen LogP contribution in [0.25, 0.3) is 11.1 Å². The van der Waals surface area contributed by atoms with E-state index in [1.807, 2.05) is 0 Å². The number of H-pyrrole nitrogens is 1. The number of halogens is 1. The molecule has 0 atom stereocenters. The van der Waals surface area contributed by atoms with Crippen LogP contribution in [-0.4, -0.2) is 45.9 Å². The second kappa shape index (κ2) is 8.91. The summed E-state index contributed by atoms with van der Waals surface area (Å²) in [6, 6.07) is 6.71. The third kappa shape index (κ3) is 4.95. The van der Waals surface area contributed by atoms with Gasteiger partial charge in [0.1, 0.15) is 0 Å². The molecule has 0 saturated carbocycles. The van der Waals surface area contributed by atoms with E-state index in [2.05, 4.69) is 36.3 Å². The number of amides is 2. The molecule has 4 N–H and O–H groups in total. The highest BCUT2D eigenvalue weighted by molar-refractivity contribution is 9.10. The lowest BCUT2D eigenvalue weighted by molar-refractivity contribution is -0.115. The highest BCUT2D eigenvalue weighted by atomic mass is 79.9. The van der Waals surface area contributed by atoms with Crippen LogP contribution in [0.3, 0.4) is 0 Å². The van der Waals surface area contributed by atoms with Crippen molar-refractivity contribution < 1.29 is 27.2 Å². The fourth-order valence-corrected chi connectivity index (χ4v) is 4.34. The van der Waals surface area contributed by atoms with E-state index in [1.165, 1.54) is 44.5 Å². The molecule has 0 bridgehead atoms. The van der Waals surface area contributed by atoms with Gasteiger partial charge in [0.15, 0.2) is 11.3 Å². The number of sulfonamides is 1. The molecule has 3 aromatic rings. The topological polar surface area (TPSA) is 160 Å². The SMILES string of the molecule is CNC(=O)c1cc(Br)c(OC)c(NC(=O)CNS(=O)(=O)c2ccc3oc(=O)[nH]c3c2)c1. The van der Waals surface area contributed by atoms with Crippen molar-refractivity contribution in [2.45, 2.75) is 4.90 Å². The summed E-state index contributed by atoms with van der Waals surface area (Å²) in [4.78, 5) is 37.7. The summed E-state index contributed by atoms with van der Waals surface area (Å²) in [6.07, 6.45) is 0. The van der Waals surface area contributed by atoms with Crippen molar-refractivity contribution in [3.05, 3.63) is 50.9 Å². The Bertz CT molecular complexity index is 1330. The summed E-state index contributed by atoms with van der Waals surface area (Å²) < 4.78 is 37.7. The Hall–Kier alpha value is -3.16. The molecule has 11 nitrogen and oxygen atoms in total. The van der Waals surface area contributed by atoms with Crippen LogP contribution >= 0.6 is 15.9 Å². The van der Waals surface area contributed by atoms with Gasteiger partial charge in [-0.2, -0.15) is 0 Å². The molecule has 0 radical (unpaired) electrons. The average molecular weight is 513 g/mol. The van der Waals surface area contributed by atoms with E-state index < -0.39 is 28.2 Å². The fraction of sp³-hybridized carbons (Fsp3) is 0.167. The number of carbonyl (C=O) groups is 2. The Labute approximate surface area is 184 Å². The molecule has 1 aromatic heterocycles. The standard InChI is InChI=1S/C18H17BrN4O7S/c1-20-17(25)9-5-11(19)16(29-2)13(6-9)22-15(24)8-21-31(27,28)10-3-4-14-12(7-10)23-18(26)30-14/h3-7,21H,8H2,1-2H3,(H,20,25)(H,22,24)(H,23,26). The van der Waals surface area contributed by atoms with Crippen molar-refractivity contribution in [2.24, 2.45) is 0 Å². The van der Waals surface area contributed by atoms with Crippen LogP contribution in [0.2, 0.25) is 0 Å². The molecule has 3 rings (SSSR count). The Balaban J connectivity index is 1.76. The zero-order chi connectivity index (χ0) is 22.8. The molecule has 0 saturated heterocycles. The summed E-state index contributed by atoms with van der Waals surface area (Å²) in [5.41, 5.74) is 0.846. The van der Waals surface area contributed by atoms with Gasteiger partial charge in [-0.25, -0.2) is 17.9 Å². The summed E-state index contributed by atoms with van der Waals surface area (Å²) in [5.74, 6) is -1.53. The van der Waals surface area contributed by atoms with Crippen molar-refractivity contribution in [2.75, 3.05) is 26.0 Å². The van der Waals surface area contributed by atoms with Crippen molar-refractivity contribution in [1.82, 2.24) is 15.0 Å². The van der Waals surface area contributed by atoms with Crippen LogP contribution in [0.4, 0.5) is 5.69 Å². The van der Waals surface area contributed by atoms with Gasteiger partial charge < -0.3 is 19.8 Å². The number of hydrogen-bond acceptors (Lipinski definition) is 7. The minimum absolute atomic E-state index is 0.160. The Morgan fingerprint density at radius 1 is 1.23 bits per heavy atom. The first kappa shape index (κ1) is 22.5. The maximum atomic E-state index is 12.5. The van der Waals surface area contributed by atoms with Crippen LogP contribution in [0, 0.1) is 0 Å². The Kier molecular flexibility index (Phi) is 6.48. The first-order chi connectivity index (χ1) is 14.6. The molecular weight excluding hydrogens is 496 g/mol. The average Bonchev–Trinajstić information content (AvgIpc) is 3.10. The number of nitrogens with one attached hydrogen (secondary N) is 4. The lowest BCUT2D eigenvalue weighted by Gasteiger charge is -2.14. The second-order valence-corrected chi connectivity index (χ2v) is 8.78. The highest BCUT2D eigenvalue weighted by Gasteiger charge is 2.19. The van der Waals surface area contributed by atoms with Gasteiger partial charge in [-0.1, -0.05) is 0 Å². The van der Waals surface area contributed by atoms with Crippen molar-refractivity contribution in [1.29, 1.82) is 0 Å². The van der Waals surface area contributed by atoms with Crippen LogP contribution in [0.5, 0.6) is 5.75 Å². The third-order valence-corrected chi connectivity index (χ3v) is 6.12. The van der Waals surface area contributed by atoms with Crippen molar-refractivity contribution >= 4 is 54.6 Å². The Morgan fingerprint density at radius 2 is 1.97 bits per heavy atom. The zero-order valence-corrected chi connectivity index (χ0v) is 18.6. The van der Waals surface area contributed by atoms with Gasteiger partial charge in [0.2, 0.25) is 15.9 Å². The van der Waals surface area contributed by atoms with Crippen molar-refractivity contribution in [3.8, 4) is 5.75 Å². The van der Waals surface area contributed by atoms with Gasteiger partial charge in [-0.05, 0) is 46.3 Å². The number of carbonyl (C=O) groups excluding carboxylic acids is 2. The van der Waals surface area contributed by atoms with Gasteiger partial charge in [-0.3, -0.25) is 14.6 Å². The number of fused-ring (bicyclic) bond motifs is 1. The molecule has 0 spiro atoms. The third-order valence-electron chi connectivity index (χ3n) is 4.13. The number of aromatic nitrogens is 1. The number of hydrogen-bond donors (Lipinski definition) is 4. The predicted octanol–water partition coefficient (Wildman–Crippen LogP) is 1.17. The molecule has 2 amide bonds. The lowest BCUT2D eigenvalue weighted by Crippen LogP contribution is -2.33. The number of anilines is 1. The Morgan fingerprint density at radius 3 is 2.65 bits per heavy atom. The van der Waals surface area contributed by atoms with Crippen LogP contribution in [0.1, 0.15) is 10.4 Å². The van der Waals surface area contributed by atoms with Crippen LogP contribution in [0.15, 0.2) is 48.9 Å². The second-order valence-electron chi connectivity index (χ2n) is 6.16. The van der Waals surface area contributed by atoms with E-state index in [-0.39, 0.29) is 38.9 Å². The van der Waals surface area contributed by atoms with Crippen LogP contribution in [-0.2, 0) is 14.8 Å². The van der Waals surface area contributed by atoms with Gasteiger partial charge >= 0.3 is 5.76 Å². The van der Waals surface area contributed by atoms with E-state index in [0.29, 0.717) is 4.47 Å². The smallest absolute Gasteiger partial charge is 0.417 e. The monoisotopic (exact) mass is 512 g/mol. The molecule has 0 aliphatic carbocycles. The maximum absolute atomic E-state index is 12.5. The number of methoxy groups -OCH3 is 1. The molecule has 31 heavy (non-hydrogen) atoms. The van der Waals surface area contributed by atoms with Gasteiger partial charge in [0, 0.05) is 12.6 Å². The number of rotatable bonds is 7. The lowest BCUT2D eigenvalue weighted by atomic mass is 10.1. The van der Waals surface area contributed by atoms with E-state index in [9.17, 15) is 22.8 Å². The summed E-state index contributed by atoms with van der Waals surface area (Å²) in [5, 5.41) is 4.99. The number of oxazole rings is 1. The molecule has 164 valence electrons. The van der Waals surface area contributed by atoms with E-state index in [1.54, 1.807) is 0 Å². The fourth-order valence-electron chi connectivity index (χ4n) is 2.71. The number of aromatic amines is 1. The molecule has 1 heterocycles. The molecule has 0 aliphatic rings. The van der Waals surface area contributed by atoms with Gasteiger partial charge in [0.05, 0.1) is 34.2 Å². The van der Waals surface area contributed by atoms with Gasteiger partial charge in [0.25, 0.3) is 5.91 Å². The first-order valence-corrected chi connectivity index (χ1v) is 10.9. The maximum Gasteiger partial charge on any atom is 0.417 e. The van der Waals surface area contributed by atoms with Crippen LogP contribution < -0.4 is 25.8 Å². The largest absolute Gasteiger partial charge is 0.493 e. The summed E-state index contributed by atoms with van der Waals surface area (Å²) in [6.45, 7) is -0.590. The minimum Gasteiger partial charge on any atom is -0.493 e.